The third-order valence-corrected chi connectivity index (χ3v) is 17.5. The molecule has 7 aliphatic rings. The van der Waals surface area contributed by atoms with Gasteiger partial charge in [0, 0.05) is 19.8 Å². The number of carbonyl (C=O) groups is 12. The van der Waals surface area contributed by atoms with E-state index in [1.165, 1.54) is 6.92 Å². The zero-order chi connectivity index (χ0) is 69.8. The number of halogens is 1. The summed E-state index contributed by atoms with van der Waals surface area (Å²) in [5.74, 6) is -5.72. The van der Waals surface area contributed by atoms with Gasteiger partial charge in [-0.25, -0.2) is 14.4 Å². The average molecular weight is 1320 g/mol. The lowest BCUT2D eigenvalue weighted by Crippen LogP contribution is -2.42. The summed E-state index contributed by atoms with van der Waals surface area (Å²) < 4.78 is 64.7. The van der Waals surface area contributed by atoms with E-state index in [0.717, 1.165) is 32.1 Å². The number of alkyl halides is 1. The van der Waals surface area contributed by atoms with Crippen molar-refractivity contribution >= 4 is 83.4 Å². The molecule has 7 rings (SSSR count). The molecule has 27 heteroatoms. The summed E-state index contributed by atoms with van der Waals surface area (Å²) in [4.78, 5) is 136. The van der Waals surface area contributed by atoms with E-state index >= 15 is 0 Å². The molecule has 520 valence electrons. The molecule has 6 aliphatic heterocycles. The van der Waals surface area contributed by atoms with Crippen molar-refractivity contribution in [2.24, 2.45) is 33.5 Å². The SMILES string of the molecule is CCC(C)(C)C(=O)OC1(C)COC(=O)O1.CCC(C)(C)C(=O)OC12CCCC1OC(=O)C2.CCC(C)(C)C(=O)OC1C(=O)OCC1O.CCC(C)(C)C(=O)OC1CC(C)OC1=O.CCC(C)C(=O)OC1(C)CCOC(=O)C1.CCC(C)C(=O)OC1COC(=O)C1Cl. The van der Waals surface area contributed by atoms with Gasteiger partial charge in [-0.3, -0.25) is 43.2 Å². The average Bonchev–Trinajstić information content (AvgIpc) is 1.65. The van der Waals surface area contributed by atoms with Crippen LogP contribution in [0, 0.1) is 33.5 Å². The van der Waals surface area contributed by atoms with E-state index < -0.39 is 104 Å². The zero-order valence-electron chi connectivity index (χ0n) is 56.7. The summed E-state index contributed by atoms with van der Waals surface area (Å²) in [6.07, 6.45) is 3.33. The van der Waals surface area contributed by atoms with Gasteiger partial charge in [-0.05, 0) is 127 Å². The summed E-state index contributed by atoms with van der Waals surface area (Å²) in [7, 11) is 0. The number of rotatable bonds is 18. The molecule has 7 fully saturated rings. The second-order valence-electron chi connectivity index (χ2n) is 26.7. The lowest BCUT2D eigenvalue weighted by atomic mass is 9.89. The number of fused-ring (bicyclic) bond motifs is 1. The summed E-state index contributed by atoms with van der Waals surface area (Å²) in [5, 5.41) is 8.47. The van der Waals surface area contributed by atoms with Crippen LogP contribution in [-0.4, -0.2) is 162 Å². The fraction of sp³-hybridized carbons (Fsp3) is 0.812. The number of aliphatic hydroxyl groups excluding tert-OH is 1. The van der Waals surface area contributed by atoms with Gasteiger partial charge in [0.1, 0.15) is 37.1 Å². The summed E-state index contributed by atoms with van der Waals surface area (Å²) in [6, 6.07) is 0. The van der Waals surface area contributed by atoms with Crippen molar-refractivity contribution < 1.29 is 124 Å². The molecule has 0 amide bonds. The van der Waals surface area contributed by atoms with Gasteiger partial charge in [-0.15, -0.1) is 11.6 Å². The predicted molar refractivity (Wildman–Crippen MR) is 321 cm³/mol. The van der Waals surface area contributed by atoms with Gasteiger partial charge in [0.15, 0.2) is 23.7 Å². The minimum atomic E-state index is -1.28. The molecule has 0 radical (unpaired) electrons. The van der Waals surface area contributed by atoms with Crippen molar-refractivity contribution in [2.75, 3.05) is 26.4 Å². The maximum atomic E-state index is 12.1. The highest BCUT2D eigenvalue weighted by Crippen LogP contribution is 2.45. The molecule has 6 heterocycles. The first-order valence-corrected chi connectivity index (χ1v) is 31.8. The Bertz CT molecular complexity index is 2560. The van der Waals surface area contributed by atoms with Crippen molar-refractivity contribution in [3.8, 4) is 0 Å². The Morgan fingerprint density at radius 3 is 1.57 bits per heavy atom. The predicted octanol–water partition coefficient (Wildman–Crippen LogP) is 8.75. The molecule has 12 unspecified atom stereocenters. The maximum Gasteiger partial charge on any atom is 0.511 e. The molecule has 1 saturated carbocycles. The third kappa shape index (κ3) is 24.3. The smallest absolute Gasteiger partial charge is 0.465 e. The Hall–Kier alpha value is -6.31. The van der Waals surface area contributed by atoms with Crippen LogP contribution < -0.4 is 0 Å². The molecule has 12 atom stereocenters. The van der Waals surface area contributed by atoms with Crippen LogP contribution in [0.2, 0.25) is 0 Å². The van der Waals surface area contributed by atoms with E-state index in [1.807, 2.05) is 62.3 Å². The number of ether oxygens (including phenoxy) is 13. The van der Waals surface area contributed by atoms with Crippen LogP contribution in [0.5, 0.6) is 0 Å². The van der Waals surface area contributed by atoms with Crippen LogP contribution in [0.1, 0.15) is 215 Å². The molecule has 91 heavy (non-hydrogen) atoms. The van der Waals surface area contributed by atoms with Crippen LogP contribution in [0.3, 0.4) is 0 Å². The molecule has 1 aliphatic carbocycles. The van der Waals surface area contributed by atoms with Gasteiger partial charge in [-0.2, -0.15) is 0 Å². The van der Waals surface area contributed by atoms with E-state index in [4.69, 9.17) is 59.0 Å². The van der Waals surface area contributed by atoms with Crippen molar-refractivity contribution in [2.45, 2.75) is 274 Å². The normalized spacial score (nSPS) is 27.9. The zero-order valence-corrected chi connectivity index (χ0v) is 57.5. The second-order valence-corrected chi connectivity index (χ2v) is 27.1. The molecule has 26 nitrogen and oxygen atoms in total. The Balaban J connectivity index is 0.000000372. The van der Waals surface area contributed by atoms with Crippen LogP contribution >= 0.6 is 11.6 Å². The minimum Gasteiger partial charge on any atom is -0.465 e. The van der Waals surface area contributed by atoms with Crippen molar-refractivity contribution in [3.05, 3.63) is 0 Å². The standard InChI is InChI=1S/C13H20O4.2C11H18O4.2C10H16O5.C9H13ClO4/c1-4-12(2,3)11(15)17-13-7-5-6-9(13)16-10(14)8-13;1-5-11(3,4)10(13)15-8-6-7(2)14-9(8)12;1-4-8(2)10(13)15-11(3)5-6-14-9(12)7-11;1-5-9(2,3)7(11)14-10(4)6-13-8(12)15-10;1-4-10(2,3)9(13)15-7-6(11)5-14-8(7)12;1-3-5(2)8(11)14-6-4-13-9(12)7(6)10/h9H,4-8H2,1-3H3;7-8H,5-6H2,1-4H3;8H,4-7H2,1-3H3;5-6H2,1-4H3;6-7,11H,4-5H2,1-3H3;5-7H,3-4H2,1-2H3. The number of aliphatic hydroxyl groups is 1. The van der Waals surface area contributed by atoms with Gasteiger partial charge in [0.05, 0.1) is 52.9 Å². The summed E-state index contributed by atoms with van der Waals surface area (Å²) >= 11 is 5.67. The highest BCUT2D eigenvalue weighted by atomic mass is 35.5. The van der Waals surface area contributed by atoms with Crippen molar-refractivity contribution in [3.63, 3.8) is 0 Å². The second kappa shape index (κ2) is 34.6. The van der Waals surface area contributed by atoms with E-state index in [1.54, 1.807) is 62.3 Å². The molecule has 6 saturated heterocycles. The Labute approximate surface area is 539 Å². The third-order valence-electron chi connectivity index (χ3n) is 17.1. The molecule has 0 aromatic carbocycles. The quantitative estimate of drug-likeness (QED) is 0.0761. The number of hydrogen-bond acceptors (Lipinski definition) is 26. The minimum absolute atomic E-state index is 0.0582. The first-order chi connectivity index (χ1) is 42.0. The van der Waals surface area contributed by atoms with Crippen molar-refractivity contribution in [1.82, 2.24) is 0 Å². The maximum absolute atomic E-state index is 12.1. The number of esters is 11. The van der Waals surface area contributed by atoms with Crippen LogP contribution in [0.4, 0.5) is 4.79 Å². The molecular formula is C64H101ClO26. The molecular weight excluding hydrogens is 1220 g/mol. The number of cyclic esters (lactones) is 6. The molecule has 1 N–H and O–H groups in total. The summed E-state index contributed by atoms with van der Waals surface area (Å²) in [5.41, 5.74) is -3.60. The highest BCUT2D eigenvalue weighted by molar-refractivity contribution is 6.31. The Morgan fingerprint density at radius 2 is 1.12 bits per heavy atom. The topological polar surface area (TPSA) is 345 Å². The highest BCUT2D eigenvalue weighted by Gasteiger charge is 2.56. The first kappa shape index (κ1) is 80.8. The van der Waals surface area contributed by atoms with Crippen LogP contribution in [0.15, 0.2) is 0 Å². The first-order valence-electron chi connectivity index (χ1n) is 31.3. The number of carbonyl (C=O) groups excluding carboxylic acids is 12. The van der Waals surface area contributed by atoms with E-state index in [-0.39, 0.29) is 92.5 Å². The largest absolute Gasteiger partial charge is 0.511 e. The number of hydrogen-bond donors (Lipinski definition) is 1. The Kier molecular flexibility index (Phi) is 30.7. The fourth-order valence-corrected chi connectivity index (χ4v) is 8.30. The van der Waals surface area contributed by atoms with Gasteiger partial charge in [-0.1, -0.05) is 55.4 Å². The van der Waals surface area contributed by atoms with Crippen LogP contribution in [0.25, 0.3) is 0 Å². The molecule has 0 aromatic rings. The molecule has 0 bridgehead atoms. The van der Waals surface area contributed by atoms with Gasteiger partial charge < -0.3 is 66.7 Å². The van der Waals surface area contributed by atoms with E-state index in [2.05, 4.69) is 14.2 Å². The van der Waals surface area contributed by atoms with Gasteiger partial charge in [0.25, 0.3) is 5.79 Å². The van der Waals surface area contributed by atoms with Crippen molar-refractivity contribution in [1.29, 1.82) is 0 Å². The van der Waals surface area contributed by atoms with Crippen LogP contribution in [-0.2, 0) is 114 Å². The molecule has 0 aromatic heterocycles. The van der Waals surface area contributed by atoms with Gasteiger partial charge in [0.2, 0.25) is 12.2 Å². The van der Waals surface area contributed by atoms with E-state index in [9.17, 15) is 62.6 Å². The lowest BCUT2D eigenvalue weighted by molar-refractivity contribution is -0.200. The lowest BCUT2D eigenvalue weighted by Gasteiger charge is -2.32. The Morgan fingerprint density at radius 1 is 0.604 bits per heavy atom. The molecule has 0 spiro atoms. The van der Waals surface area contributed by atoms with E-state index in [0.29, 0.717) is 45.1 Å². The fourth-order valence-electron chi connectivity index (χ4n) is 8.12. The summed E-state index contributed by atoms with van der Waals surface area (Å²) in [6.45, 7) is 34.7. The monoisotopic (exact) mass is 1320 g/mol. The van der Waals surface area contributed by atoms with Gasteiger partial charge >= 0.3 is 71.8 Å².